The van der Waals surface area contributed by atoms with Gasteiger partial charge in [0, 0.05) is 99.1 Å². The SMILES string of the molecule is C=C(NC(Cc1cc(C)cc(-c2ccc3c(c2)c(CC(C)(C)CCC(C)=O)c(-c2cnccc2CC)n3CC)c1)C(=O)N1CCCCN1)C(C(C)C)N(C)C(=C)CN(C)C(=C)CN.Cc1ccccc1. The first-order valence-corrected chi connectivity index (χ1v) is 25.5. The largest absolute Gasteiger partial charge is 0.376 e. The molecule has 0 saturated carbocycles. The van der Waals surface area contributed by atoms with Crippen molar-refractivity contribution in [3.8, 4) is 22.4 Å². The number of amides is 1. The highest BCUT2D eigenvalue weighted by molar-refractivity contribution is 5.95. The molecule has 3 heterocycles. The van der Waals surface area contributed by atoms with Crippen molar-refractivity contribution in [1.82, 2.24) is 35.1 Å². The molecule has 1 fully saturated rings. The molecule has 4 N–H and O–H groups in total. The summed E-state index contributed by atoms with van der Waals surface area (Å²) in [5.74, 6) is 0.411. The molecule has 1 saturated heterocycles. The second kappa shape index (κ2) is 25.2. The van der Waals surface area contributed by atoms with E-state index in [2.05, 4.69) is 155 Å². The van der Waals surface area contributed by atoms with Crippen molar-refractivity contribution >= 4 is 22.6 Å². The zero-order valence-corrected chi connectivity index (χ0v) is 44.6. The van der Waals surface area contributed by atoms with Crippen molar-refractivity contribution in [2.75, 3.05) is 40.3 Å². The van der Waals surface area contributed by atoms with E-state index in [9.17, 15) is 9.59 Å². The van der Waals surface area contributed by atoms with Gasteiger partial charge in [-0.15, -0.1) is 0 Å². The van der Waals surface area contributed by atoms with E-state index in [4.69, 9.17) is 5.73 Å². The van der Waals surface area contributed by atoms with Gasteiger partial charge in [0.2, 0.25) is 0 Å². The van der Waals surface area contributed by atoms with Crippen molar-refractivity contribution in [2.24, 2.45) is 17.1 Å². The summed E-state index contributed by atoms with van der Waals surface area (Å²) in [5, 5.41) is 6.68. The lowest BCUT2D eigenvalue weighted by atomic mass is 9.79. The molecular formula is C60H84N8O2. The maximum atomic E-state index is 14.5. The van der Waals surface area contributed by atoms with Crippen molar-refractivity contribution < 1.29 is 9.59 Å². The van der Waals surface area contributed by atoms with Crippen molar-refractivity contribution in [3.63, 3.8) is 0 Å². The highest BCUT2D eigenvalue weighted by Gasteiger charge is 2.32. The van der Waals surface area contributed by atoms with Gasteiger partial charge in [-0.2, -0.15) is 0 Å². The molecule has 10 nitrogen and oxygen atoms in total. The molecule has 376 valence electrons. The highest BCUT2D eigenvalue weighted by atomic mass is 16.2. The fourth-order valence-corrected chi connectivity index (χ4v) is 9.87. The number of fused-ring (bicyclic) bond motifs is 1. The molecule has 2 aromatic heterocycles. The van der Waals surface area contributed by atoms with Gasteiger partial charge in [-0.25, -0.2) is 5.43 Å². The molecule has 1 aliphatic rings. The van der Waals surface area contributed by atoms with E-state index in [1.807, 2.05) is 49.6 Å². The summed E-state index contributed by atoms with van der Waals surface area (Å²) >= 11 is 0. The number of hydrogen-bond donors (Lipinski definition) is 3. The predicted octanol–water partition coefficient (Wildman–Crippen LogP) is 11.2. The summed E-state index contributed by atoms with van der Waals surface area (Å²) in [6.45, 7) is 35.5. The number of nitrogens with one attached hydrogen (secondary N) is 2. The number of carbonyl (C=O) groups excluding carboxylic acids is 2. The Balaban J connectivity index is 0.00000119. The van der Waals surface area contributed by atoms with Crippen LogP contribution in [0, 0.1) is 25.2 Å². The molecular weight excluding hydrogens is 865 g/mol. The molecule has 1 amide bonds. The Hall–Kier alpha value is -5.97. The molecule has 0 radical (unpaired) electrons. The number of aryl methyl sites for hydroxylation is 4. The molecule has 3 aromatic carbocycles. The van der Waals surface area contributed by atoms with Gasteiger partial charge in [-0.3, -0.25) is 14.8 Å². The molecule has 2 atom stereocenters. The second-order valence-corrected chi connectivity index (χ2v) is 20.6. The van der Waals surface area contributed by atoms with Crippen LogP contribution in [0.15, 0.2) is 122 Å². The summed E-state index contributed by atoms with van der Waals surface area (Å²) in [7, 11) is 4.02. The van der Waals surface area contributed by atoms with E-state index in [1.165, 1.54) is 38.9 Å². The monoisotopic (exact) mass is 949 g/mol. The second-order valence-electron chi connectivity index (χ2n) is 20.6. The summed E-state index contributed by atoms with van der Waals surface area (Å²) in [5.41, 5.74) is 23.6. The number of likely N-dealkylation sites (N-methyl/N-ethyl adjacent to an activating group) is 2. The third-order valence-corrected chi connectivity index (χ3v) is 13.8. The van der Waals surface area contributed by atoms with Gasteiger partial charge in [0.05, 0.1) is 18.3 Å². The fourth-order valence-electron chi connectivity index (χ4n) is 9.87. The van der Waals surface area contributed by atoms with Crippen molar-refractivity contribution in [3.05, 3.63) is 150 Å². The van der Waals surface area contributed by atoms with Crippen LogP contribution in [0.1, 0.15) is 102 Å². The minimum Gasteiger partial charge on any atom is -0.376 e. The lowest BCUT2D eigenvalue weighted by molar-refractivity contribution is -0.137. The summed E-state index contributed by atoms with van der Waals surface area (Å²) in [6, 6.07) is 25.3. The Morgan fingerprint density at radius 1 is 0.929 bits per heavy atom. The van der Waals surface area contributed by atoms with Crippen molar-refractivity contribution in [1.29, 1.82) is 0 Å². The molecule has 0 bridgehead atoms. The average Bonchev–Trinajstić information content (AvgIpc) is 3.64. The number of hydrogen-bond acceptors (Lipinski definition) is 8. The maximum absolute atomic E-state index is 14.5. The predicted molar refractivity (Wildman–Crippen MR) is 294 cm³/mol. The molecule has 70 heavy (non-hydrogen) atoms. The number of benzene rings is 3. The molecule has 5 aromatic rings. The first-order chi connectivity index (χ1) is 33.3. The number of aromatic nitrogens is 2. The van der Waals surface area contributed by atoms with Gasteiger partial charge in [-0.1, -0.05) is 120 Å². The van der Waals surface area contributed by atoms with Gasteiger partial charge >= 0.3 is 0 Å². The third kappa shape index (κ3) is 14.3. The number of rotatable bonds is 22. The van der Waals surface area contributed by atoms with E-state index < -0.39 is 6.04 Å². The van der Waals surface area contributed by atoms with Crippen LogP contribution in [0.25, 0.3) is 33.3 Å². The van der Waals surface area contributed by atoms with Gasteiger partial charge in [0.25, 0.3) is 5.91 Å². The van der Waals surface area contributed by atoms with Crippen LogP contribution in [0.4, 0.5) is 0 Å². The summed E-state index contributed by atoms with van der Waals surface area (Å²) in [6.07, 6.45) is 9.49. The van der Waals surface area contributed by atoms with Gasteiger partial charge in [0.1, 0.15) is 11.8 Å². The van der Waals surface area contributed by atoms with Gasteiger partial charge in [-0.05, 0) is 117 Å². The number of carbonyl (C=O) groups is 2. The summed E-state index contributed by atoms with van der Waals surface area (Å²) < 4.78 is 2.45. The first kappa shape index (κ1) is 55.0. The Kier molecular flexibility index (Phi) is 19.8. The fraction of sp³-hybridized carbons (Fsp3) is 0.450. The van der Waals surface area contributed by atoms with Gasteiger partial charge < -0.3 is 30.2 Å². The number of ketones is 1. The number of nitrogens with zero attached hydrogens (tertiary/aromatic N) is 5. The zero-order valence-electron chi connectivity index (χ0n) is 44.6. The quantitative estimate of drug-likeness (QED) is 0.0629. The van der Waals surface area contributed by atoms with E-state index in [-0.39, 0.29) is 29.1 Å². The highest BCUT2D eigenvalue weighted by Crippen LogP contribution is 2.42. The third-order valence-electron chi connectivity index (χ3n) is 13.8. The maximum Gasteiger partial charge on any atom is 0.259 e. The van der Waals surface area contributed by atoms with E-state index in [1.54, 1.807) is 11.9 Å². The van der Waals surface area contributed by atoms with E-state index in [0.717, 1.165) is 84.5 Å². The van der Waals surface area contributed by atoms with Crippen LogP contribution >= 0.6 is 0 Å². The Bertz CT molecular complexity index is 2580. The minimum absolute atomic E-state index is 0.00982. The van der Waals surface area contributed by atoms with Crippen LogP contribution in [0.2, 0.25) is 0 Å². The topological polar surface area (TPSA) is 112 Å². The number of hydrazine groups is 1. The summed E-state index contributed by atoms with van der Waals surface area (Å²) in [4.78, 5) is 35.5. The van der Waals surface area contributed by atoms with E-state index in [0.29, 0.717) is 32.5 Å². The van der Waals surface area contributed by atoms with Crippen LogP contribution < -0.4 is 16.5 Å². The van der Waals surface area contributed by atoms with Gasteiger partial charge in [0.15, 0.2) is 0 Å². The molecule has 1 aliphatic heterocycles. The average molecular weight is 949 g/mol. The van der Waals surface area contributed by atoms with Crippen LogP contribution in [-0.2, 0) is 35.4 Å². The van der Waals surface area contributed by atoms with Crippen LogP contribution in [-0.4, -0.2) is 88.4 Å². The number of Topliss-reactive ketones (excluding diaryl/α,β-unsaturated/α-hetero) is 1. The smallest absolute Gasteiger partial charge is 0.259 e. The Morgan fingerprint density at radius 2 is 1.66 bits per heavy atom. The first-order valence-electron chi connectivity index (χ1n) is 25.5. The zero-order chi connectivity index (χ0) is 51.3. The normalized spacial score (nSPS) is 13.6. The standard InChI is InChI=1S/C53H76N8O2.C7H8/c1-14-42-21-24-55-33-47(42)51-46(31-53(10,11)22-20-39(8)62)45-30-43(18-19-49(45)60(51)15-2)44-27-36(5)26-41(28-44)29-48(52(63)61-25-17-16-23-56-61)57-40(9)50(35(3)4)59(13)38(7)34-58(12)37(6)32-54;1-7-5-3-2-4-6-7/h18-19,21,24,26-28,30,33,35,48,50,56-57H,6-7,9,14-17,20,22-23,25,29,31-32,34,54H2,1-5,8,10-13H3;2-6H,1H3. The Morgan fingerprint density at radius 3 is 2.26 bits per heavy atom. The lowest BCUT2D eigenvalue weighted by Gasteiger charge is -2.39. The molecule has 2 unspecified atom stereocenters. The molecule has 0 aliphatic carbocycles. The lowest BCUT2D eigenvalue weighted by Crippen LogP contribution is -2.56. The Labute approximate surface area is 421 Å². The van der Waals surface area contributed by atoms with Crippen LogP contribution in [0.5, 0.6) is 0 Å². The molecule has 0 spiro atoms. The molecule has 10 heteroatoms. The number of pyridine rings is 1. The van der Waals surface area contributed by atoms with Crippen molar-refractivity contribution in [2.45, 2.75) is 126 Å². The van der Waals surface area contributed by atoms with Crippen LogP contribution in [0.3, 0.4) is 0 Å². The van der Waals surface area contributed by atoms with E-state index >= 15 is 0 Å². The molecule has 6 rings (SSSR count). The minimum atomic E-state index is -0.555. The number of nitrogens with two attached hydrogens (primary N) is 1.